The lowest BCUT2D eigenvalue weighted by Gasteiger charge is -2.22. The molecule has 1 aromatic heterocycles. The van der Waals surface area contributed by atoms with Crippen molar-refractivity contribution in [3.63, 3.8) is 0 Å². The third-order valence-electron chi connectivity index (χ3n) is 4.55. The lowest BCUT2D eigenvalue weighted by Crippen LogP contribution is -2.36. The van der Waals surface area contributed by atoms with E-state index in [1.807, 2.05) is 7.05 Å². The van der Waals surface area contributed by atoms with Gasteiger partial charge in [-0.15, -0.1) is 0 Å². The number of hydrogen-bond donors (Lipinski definition) is 2. The Morgan fingerprint density at radius 3 is 2.78 bits per heavy atom. The SMILES string of the molecule is CN=C(NCc1cccc(COC2CCOCC2)c1)NCc1ncnn1C. The predicted molar refractivity (Wildman–Crippen MR) is 103 cm³/mol. The standard InChI is InChI=1S/C19H28N6O2/c1-20-19(22-12-18-23-14-24-25(18)2)21-11-15-4-3-5-16(10-15)13-27-17-6-8-26-9-7-17/h3-5,10,14,17H,6-9,11-13H2,1-2H3,(H2,20,21,22). The summed E-state index contributed by atoms with van der Waals surface area (Å²) in [5, 5.41) is 10.6. The summed E-state index contributed by atoms with van der Waals surface area (Å²) in [7, 11) is 3.62. The molecule has 1 fully saturated rings. The fourth-order valence-corrected chi connectivity index (χ4v) is 2.94. The van der Waals surface area contributed by atoms with Gasteiger partial charge in [-0.3, -0.25) is 9.67 Å². The lowest BCUT2D eigenvalue weighted by molar-refractivity contribution is -0.0390. The molecular weight excluding hydrogens is 344 g/mol. The quantitative estimate of drug-likeness (QED) is 0.564. The third-order valence-corrected chi connectivity index (χ3v) is 4.55. The molecule has 3 rings (SSSR count). The molecule has 1 aromatic carbocycles. The number of rotatable bonds is 7. The molecule has 8 nitrogen and oxygen atoms in total. The van der Waals surface area contributed by atoms with Crippen molar-refractivity contribution in [3.8, 4) is 0 Å². The summed E-state index contributed by atoms with van der Waals surface area (Å²) in [6.07, 6.45) is 3.81. The first-order chi connectivity index (χ1) is 13.2. The first-order valence-corrected chi connectivity index (χ1v) is 9.29. The summed E-state index contributed by atoms with van der Waals surface area (Å²) in [6.45, 7) is 3.49. The van der Waals surface area contributed by atoms with Crippen LogP contribution >= 0.6 is 0 Å². The molecule has 2 N–H and O–H groups in total. The van der Waals surface area contributed by atoms with Crippen LogP contribution in [0.2, 0.25) is 0 Å². The van der Waals surface area contributed by atoms with Crippen LogP contribution in [0.25, 0.3) is 0 Å². The zero-order valence-electron chi connectivity index (χ0n) is 16.0. The van der Waals surface area contributed by atoms with Crippen LogP contribution in [0.5, 0.6) is 0 Å². The molecule has 1 aliphatic rings. The van der Waals surface area contributed by atoms with Crippen LogP contribution in [0.1, 0.15) is 29.8 Å². The number of aromatic nitrogens is 3. The molecule has 0 atom stereocenters. The number of nitrogens with one attached hydrogen (secondary N) is 2. The Hall–Kier alpha value is -2.45. The van der Waals surface area contributed by atoms with Gasteiger partial charge in [-0.1, -0.05) is 24.3 Å². The second-order valence-corrected chi connectivity index (χ2v) is 6.52. The maximum absolute atomic E-state index is 6.01. The summed E-state index contributed by atoms with van der Waals surface area (Å²) in [5.41, 5.74) is 2.37. The van der Waals surface area contributed by atoms with Gasteiger partial charge < -0.3 is 20.1 Å². The number of benzene rings is 1. The molecule has 0 bridgehead atoms. The minimum absolute atomic E-state index is 0.309. The number of aryl methyl sites for hydroxylation is 1. The van der Waals surface area contributed by atoms with Gasteiger partial charge in [-0.2, -0.15) is 5.10 Å². The van der Waals surface area contributed by atoms with Crippen molar-refractivity contribution in [2.24, 2.45) is 12.0 Å². The van der Waals surface area contributed by atoms with E-state index >= 15 is 0 Å². The van der Waals surface area contributed by atoms with Gasteiger partial charge in [0.25, 0.3) is 0 Å². The Kier molecular flexibility index (Phi) is 7.18. The van der Waals surface area contributed by atoms with Crippen molar-refractivity contribution < 1.29 is 9.47 Å². The highest BCUT2D eigenvalue weighted by molar-refractivity contribution is 5.79. The molecule has 146 valence electrons. The predicted octanol–water partition coefficient (Wildman–Crippen LogP) is 1.38. The highest BCUT2D eigenvalue weighted by Crippen LogP contribution is 2.14. The van der Waals surface area contributed by atoms with Crippen molar-refractivity contribution in [2.45, 2.75) is 38.6 Å². The molecule has 0 amide bonds. The van der Waals surface area contributed by atoms with Gasteiger partial charge in [0.05, 0.1) is 19.3 Å². The number of nitrogens with zero attached hydrogens (tertiary/aromatic N) is 4. The highest BCUT2D eigenvalue weighted by atomic mass is 16.5. The molecule has 0 spiro atoms. The van der Waals surface area contributed by atoms with E-state index in [0.29, 0.717) is 25.8 Å². The average Bonchev–Trinajstić information content (AvgIpc) is 3.12. The average molecular weight is 372 g/mol. The molecular formula is C19H28N6O2. The Balaban J connectivity index is 1.45. The smallest absolute Gasteiger partial charge is 0.191 e. The molecule has 0 aliphatic carbocycles. The summed E-state index contributed by atoms with van der Waals surface area (Å²) in [4.78, 5) is 8.45. The number of guanidine groups is 1. The molecule has 27 heavy (non-hydrogen) atoms. The van der Waals surface area contributed by atoms with E-state index in [4.69, 9.17) is 9.47 Å². The summed E-state index contributed by atoms with van der Waals surface area (Å²) < 4.78 is 13.1. The molecule has 2 heterocycles. The summed E-state index contributed by atoms with van der Waals surface area (Å²) >= 11 is 0. The van der Waals surface area contributed by atoms with Crippen molar-refractivity contribution in [1.29, 1.82) is 0 Å². The van der Waals surface area contributed by atoms with Gasteiger partial charge in [0, 0.05) is 33.9 Å². The van der Waals surface area contributed by atoms with Crippen molar-refractivity contribution in [1.82, 2.24) is 25.4 Å². The van der Waals surface area contributed by atoms with E-state index < -0.39 is 0 Å². The molecule has 0 saturated carbocycles. The summed E-state index contributed by atoms with van der Waals surface area (Å²) in [6, 6.07) is 8.43. The van der Waals surface area contributed by atoms with Gasteiger partial charge >= 0.3 is 0 Å². The van der Waals surface area contributed by atoms with Gasteiger partial charge in [0.1, 0.15) is 12.2 Å². The monoisotopic (exact) mass is 372 g/mol. The first kappa shape index (κ1) is 19.3. The fourth-order valence-electron chi connectivity index (χ4n) is 2.94. The lowest BCUT2D eigenvalue weighted by atomic mass is 10.1. The largest absolute Gasteiger partial charge is 0.381 e. The molecule has 1 aliphatic heterocycles. The highest BCUT2D eigenvalue weighted by Gasteiger charge is 2.14. The van der Waals surface area contributed by atoms with Gasteiger partial charge in [-0.25, -0.2) is 4.98 Å². The van der Waals surface area contributed by atoms with E-state index in [-0.39, 0.29) is 0 Å². The van der Waals surface area contributed by atoms with E-state index in [9.17, 15) is 0 Å². The Labute approximate surface area is 160 Å². The molecule has 2 aromatic rings. The maximum Gasteiger partial charge on any atom is 0.191 e. The Morgan fingerprint density at radius 1 is 1.26 bits per heavy atom. The normalized spacial score (nSPS) is 15.7. The van der Waals surface area contributed by atoms with Crippen LogP contribution in [0.15, 0.2) is 35.6 Å². The molecule has 0 unspecified atom stereocenters. The van der Waals surface area contributed by atoms with E-state index in [0.717, 1.165) is 37.8 Å². The van der Waals surface area contributed by atoms with E-state index in [2.05, 4.69) is 50.0 Å². The zero-order valence-corrected chi connectivity index (χ0v) is 16.0. The van der Waals surface area contributed by atoms with Crippen molar-refractivity contribution in [3.05, 3.63) is 47.5 Å². The Morgan fingerprint density at radius 2 is 2.04 bits per heavy atom. The molecule has 0 radical (unpaired) electrons. The fraction of sp³-hybridized carbons (Fsp3) is 0.526. The van der Waals surface area contributed by atoms with E-state index in [1.54, 1.807) is 18.1 Å². The van der Waals surface area contributed by atoms with Crippen LogP contribution in [0, 0.1) is 0 Å². The number of hydrogen-bond acceptors (Lipinski definition) is 5. The van der Waals surface area contributed by atoms with Gasteiger partial charge in [0.2, 0.25) is 0 Å². The minimum atomic E-state index is 0.309. The van der Waals surface area contributed by atoms with Crippen LogP contribution in [-0.4, -0.2) is 47.1 Å². The van der Waals surface area contributed by atoms with Gasteiger partial charge in [0.15, 0.2) is 5.96 Å². The van der Waals surface area contributed by atoms with Gasteiger partial charge in [-0.05, 0) is 24.0 Å². The van der Waals surface area contributed by atoms with Crippen LogP contribution < -0.4 is 10.6 Å². The second kappa shape index (κ2) is 10.0. The minimum Gasteiger partial charge on any atom is -0.381 e. The topological polar surface area (TPSA) is 85.6 Å². The second-order valence-electron chi connectivity index (χ2n) is 6.52. The molecule has 1 saturated heterocycles. The molecule has 8 heteroatoms. The van der Waals surface area contributed by atoms with Crippen molar-refractivity contribution in [2.75, 3.05) is 20.3 Å². The number of aliphatic imine (C=N–C) groups is 1. The van der Waals surface area contributed by atoms with Crippen LogP contribution in [0.3, 0.4) is 0 Å². The zero-order chi connectivity index (χ0) is 18.9. The third kappa shape index (κ3) is 6.04. The Bertz CT molecular complexity index is 739. The first-order valence-electron chi connectivity index (χ1n) is 9.29. The van der Waals surface area contributed by atoms with E-state index in [1.165, 1.54) is 11.1 Å². The van der Waals surface area contributed by atoms with Crippen LogP contribution in [0.4, 0.5) is 0 Å². The maximum atomic E-state index is 6.01. The van der Waals surface area contributed by atoms with Crippen molar-refractivity contribution >= 4 is 5.96 Å². The summed E-state index contributed by atoms with van der Waals surface area (Å²) in [5.74, 6) is 1.58. The van der Waals surface area contributed by atoms with Crippen LogP contribution in [-0.2, 0) is 36.2 Å². The number of ether oxygens (including phenoxy) is 2.